The Morgan fingerprint density at radius 3 is 2.62 bits per heavy atom. The van der Waals surface area contributed by atoms with Gasteiger partial charge in [-0.15, -0.1) is 0 Å². The van der Waals surface area contributed by atoms with Gasteiger partial charge in [0.05, 0.1) is 0 Å². The molecule has 0 aromatic carbocycles. The third kappa shape index (κ3) is 3.85. The van der Waals surface area contributed by atoms with Gasteiger partial charge in [0.25, 0.3) is 0 Å². The Morgan fingerprint density at radius 1 is 1.33 bits per heavy atom. The number of hydrogen-bond donors (Lipinski definition) is 3. The third-order valence-electron chi connectivity index (χ3n) is 4.51. The molecule has 21 heavy (non-hydrogen) atoms. The summed E-state index contributed by atoms with van der Waals surface area (Å²) in [5.41, 5.74) is 4.85. The highest BCUT2D eigenvalue weighted by atomic mass is 16.5. The van der Waals surface area contributed by atoms with Gasteiger partial charge in [0.2, 0.25) is 5.91 Å². The molecule has 4 N–H and O–H groups in total. The third-order valence-corrected chi connectivity index (χ3v) is 4.51. The molecule has 2 heterocycles. The molecule has 120 valence electrons. The van der Waals surface area contributed by atoms with E-state index in [9.17, 15) is 4.79 Å². The molecule has 2 aliphatic rings. The van der Waals surface area contributed by atoms with Crippen LogP contribution in [0.4, 0.5) is 0 Å². The maximum absolute atomic E-state index is 12.5. The summed E-state index contributed by atoms with van der Waals surface area (Å²) >= 11 is 0. The quantitative estimate of drug-likeness (QED) is 0.213. The van der Waals surface area contributed by atoms with Crippen molar-refractivity contribution in [3.63, 3.8) is 0 Å². The molecular formula is C14H26N4O3. The van der Waals surface area contributed by atoms with E-state index in [1.807, 2.05) is 0 Å². The predicted molar refractivity (Wildman–Crippen MR) is 79.2 cm³/mol. The van der Waals surface area contributed by atoms with E-state index in [-0.39, 0.29) is 11.7 Å². The monoisotopic (exact) mass is 298 g/mol. The molecular weight excluding hydrogens is 272 g/mol. The summed E-state index contributed by atoms with van der Waals surface area (Å²) < 4.78 is 5.28. The second kappa shape index (κ2) is 7.61. The molecule has 2 aliphatic heterocycles. The van der Waals surface area contributed by atoms with Gasteiger partial charge in [0.15, 0.2) is 5.84 Å². The Bertz CT molecular complexity index is 374. The number of carbonyl (C=O) groups is 1. The van der Waals surface area contributed by atoms with Crippen LogP contribution in [0.2, 0.25) is 0 Å². The number of nitrogens with one attached hydrogen (secondary N) is 1. The van der Waals surface area contributed by atoms with E-state index < -0.39 is 5.41 Å². The van der Waals surface area contributed by atoms with Crippen molar-refractivity contribution in [1.29, 1.82) is 0 Å². The topological polar surface area (TPSA) is 100 Å². The molecule has 0 saturated carbocycles. The molecule has 2 saturated heterocycles. The SMILES string of the molecule is NC(=NO)C1(C(=O)NCCCN2CCCC2)CCOCC1. The summed E-state index contributed by atoms with van der Waals surface area (Å²) in [4.78, 5) is 14.9. The first-order valence-electron chi connectivity index (χ1n) is 7.75. The highest BCUT2D eigenvalue weighted by Gasteiger charge is 2.44. The maximum Gasteiger partial charge on any atom is 0.234 e. The number of hydrogen-bond acceptors (Lipinski definition) is 5. The molecule has 2 rings (SSSR count). The van der Waals surface area contributed by atoms with Gasteiger partial charge in [0.1, 0.15) is 5.41 Å². The van der Waals surface area contributed by atoms with Crippen LogP contribution < -0.4 is 11.1 Å². The van der Waals surface area contributed by atoms with E-state index >= 15 is 0 Å². The summed E-state index contributed by atoms with van der Waals surface area (Å²) in [7, 11) is 0. The minimum Gasteiger partial charge on any atom is -0.409 e. The van der Waals surface area contributed by atoms with Crippen LogP contribution in [0.1, 0.15) is 32.1 Å². The van der Waals surface area contributed by atoms with Crippen LogP contribution in [-0.4, -0.2) is 61.2 Å². The number of rotatable bonds is 6. The lowest BCUT2D eigenvalue weighted by atomic mass is 9.78. The number of carbonyl (C=O) groups excluding carboxylic acids is 1. The lowest BCUT2D eigenvalue weighted by Gasteiger charge is -2.34. The molecule has 0 unspecified atom stereocenters. The second-order valence-electron chi connectivity index (χ2n) is 5.84. The van der Waals surface area contributed by atoms with Crippen molar-refractivity contribution in [2.75, 3.05) is 39.4 Å². The molecule has 0 radical (unpaired) electrons. The second-order valence-corrected chi connectivity index (χ2v) is 5.84. The fraction of sp³-hybridized carbons (Fsp3) is 0.857. The Balaban J connectivity index is 1.81. The largest absolute Gasteiger partial charge is 0.409 e. The Labute approximate surface area is 125 Å². The van der Waals surface area contributed by atoms with E-state index in [0.717, 1.165) is 13.0 Å². The molecule has 0 atom stereocenters. The van der Waals surface area contributed by atoms with Crippen molar-refractivity contribution in [2.45, 2.75) is 32.1 Å². The Kier molecular flexibility index (Phi) is 5.81. The molecule has 7 heteroatoms. The minimum atomic E-state index is -0.916. The van der Waals surface area contributed by atoms with Crippen LogP contribution in [0.5, 0.6) is 0 Å². The van der Waals surface area contributed by atoms with Gasteiger partial charge >= 0.3 is 0 Å². The first-order chi connectivity index (χ1) is 10.2. The average Bonchev–Trinajstić information content (AvgIpc) is 3.04. The van der Waals surface area contributed by atoms with Crippen LogP contribution >= 0.6 is 0 Å². The fourth-order valence-corrected chi connectivity index (χ4v) is 3.10. The van der Waals surface area contributed by atoms with Gasteiger partial charge in [-0.3, -0.25) is 4.79 Å². The van der Waals surface area contributed by atoms with Gasteiger partial charge in [0, 0.05) is 19.8 Å². The van der Waals surface area contributed by atoms with Crippen molar-refractivity contribution < 1.29 is 14.7 Å². The number of amidine groups is 1. The van der Waals surface area contributed by atoms with E-state index in [4.69, 9.17) is 15.7 Å². The first-order valence-corrected chi connectivity index (χ1v) is 7.75. The molecule has 7 nitrogen and oxygen atoms in total. The zero-order valence-corrected chi connectivity index (χ0v) is 12.5. The zero-order chi connectivity index (χ0) is 15.1. The lowest BCUT2D eigenvalue weighted by molar-refractivity contribution is -0.131. The van der Waals surface area contributed by atoms with E-state index in [1.54, 1.807) is 0 Å². The predicted octanol–water partition coefficient (Wildman–Crippen LogP) is 0.132. The fourth-order valence-electron chi connectivity index (χ4n) is 3.10. The normalized spacial score (nSPS) is 23.1. The highest BCUT2D eigenvalue weighted by molar-refractivity contribution is 6.06. The summed E-state index contributed by atoms with van der Waals surface area (Å²) in [6, 6.07) is 0. The van der Waals surface area contributed by atoms with Gasteiger partial charge in [-0.05, 0) is 51.7 Å². The van der Waals surface area contributed by atoms with Crippen molar-refractivity contribution in [3.05, 3.63) is 0 Å². The summed E-state index contributed by atoms with van der Waals surface area (Å²) in [6.45, 7) is 4.88. The van der Waals surface area contributed by atoms with Crippen LogP contribution in [0.15, 0.2) is 5.16 Å². The van der Waals surface area contributed by atoms with Gasteiger partial charge in [-0.25, -0.2) is 0 Å². The zero-order valence-electron chi connectivity index (χ0n) is 12.5. The van der Waals surface area contributed by atoms with Crippen molar-refractivity contribution in [1.82, 2.24) is 10.2 Å². The smallest absolute Gasteiger partial charge is 0.234 e. The number of amides is 1. The Morgan fingerprint density at radius 2 is 2.00 bits per heavy atom. The highest BCUT2D eigenvalue weighted by Crippen LogP contribution is 2.31. The number of likely N-dealkylation sites (tertiary alicyclic amines) is 1. The number of nitrogens with two attached hydrogens (primary N) is 1. The number of nitrogens with zero attached hydrogens (tertiary/aromatic N) is 2. The van der Waals surface area contributed by atoms with E-state index in [2.05, 4.69) is 15.4 Å². The average molecular weight is 298 g/mol. The molecule has 0 spiro atoms. The Hall–Kier alpha value is -1.34. The molecule has 1 amide bonds. The summed E-state index contributed by atoms with van der Waals surface area (Å²) in [5, 5.41) is 15.0. The first kappa shape index (κ1) is 16.0. The van der Waals surface area contributed by atoms with Crippen molar-refractivity contribution >= 4 is 11.7 Å². The minimum absolute atomic E-state index is 0.0113. The van der Waals surface area contributed by atoms with E-state index in [0.29, 0.717) is 32.6 Å². The lowest BCUT2D eigenvalue weighted by Crippen LogP contribution is -2.53. The van der Waals surface area contributed by atoms with E-state index in [1.165, 1.54) is 25.9 Å². The molecule has 2 fully saturated rings. The summed E-state index contributed by atoms with van der Waals surface area (Å²) in [5.74, 6) is -0.162. The van der Waals surface area contributed by atoms with Gasteiger partial charge < -0.3 is 25.9 Å². The molecule has 0 aromatic rings. The maximum atomic E-state index is 12.5. The molecule has 0 bridgehead atoms. The summed E-state index contributed by atoms with van der Waals surface area (Å²) in [6.07, 6.45) is 4.40. The molecule has 0 aromatic heterocycles. The van der Waals surface area contributed by atoms with Crippen LogP contribution in [-0.2, 0) is 9.53 Å². The van der Waals surface area contributed by atoms with Gasteiger partial charge in [-0.1, -0.05) is 5.16 Å². The van der Waals surface area contributed by atoms with Crippen LogP contribution in [0, 0.1) is 5.41 Å². The van der Waals surface area contributed by atoms with Crippen LogP contribution in [0.3, 0.4) is 0 Å². The molecule has 0 aliphatic carbocycles. The van der Waals surface area contributed by atoms with Crippen molar-refractivity contribution in [3.8, 4) is 0 Å². The van der Waals surface area contributed by atoms with Gasteiger partial charge in [-0.2, -0.15) is 0 Å². The van der Waals surface area contributed by atoms with Crippen LogP contribution in [0.25, 0.3) is 0 Å². The van der Waals surface area contributed by atoms with Crippen molar-refractivity contribution in [2.24, 2.45) is 16.3 Å². The number of ether oxygens (including phenoxy) is 1. The number of oxime groups is 1. The standard InChI is InChI=1S/C14H26N4O3/c15-12(17-20)14(4-10-21-11-5-14)13(19)16-6-3-9-18-7-1-2-8-18/h20H,1-11H2,(H2,15,17)(H,16,19).